The molecular formula is C18H29N3O5S. The second-order valence-electron chi connectivity index (χ2n) is 6.40. The molecule has 1 aliphatic heterocycles. The minimum atomic E-state index is -1.82. The zero-order valence-corrected chi connectivity index (χ0v) is 16.8. The zero-order chi connectivity index (χ0) is 20.1. The normalized spacial score (nSPS) is 14.1. The van der Waals surface area contributed by atoms with Crippen molar-refractivity contribution in [2.75, 3.05) is 26.7 Å². The maximum absolute atomic E-state index is 9.10. The number of carboxylic acid groups (broad SMARTS) is 2. The second-order valence-corrected chi connectivity index (χ2v) is 6.93. The average molecular weight is 400 g/mol. The van der Waals surface area contributed by atoms with Gasteiger partial charge in [-0.15, -0.1) is 4.37 Å². The van der Waals surface area contributed by atoms with Crippen LogP contribution in [0.2, 0.25) is 0 Å². The van der Waals surface area contributed by atoms with Gasteiger partial charge in [0.1, 0.15) is 5.69 Å². The van der Waals surface area contributed by atoms with Crippen LogP contribution in [0.5, 0.6) is 5.88 Å². The Morgan fingerprint density at radius 3 is 2.44 bits per heavy atom. The predicted octanol–water partition coefficient (Wildman–Crippen LogP) is 3.15. The summed E-state index contributed by atoms with van der Waals surface area (Å²) in [5, 5.41) is 14.8. The van der Waals surface area contributed by atoms with Crippen LogP contribution in [-0.2, 0) is 9.59 Å². The van der Waals surface area contributed by atoms with Crippen molar-refractivity contribution in [3.8, 4) is 5.88 Å². The fourth-order valence-electron chi connectivity index (χ4n) is 2.59. The van der Waals surface area contributed by atoms with E-state index in [-0.39, 0.29) is 0 Å². The highest BCUT2D eigenvalue weighted by atomic mass is 32.1. The van der Waals surface area contributed by atoms with E-state index in [9.17, 15) is 0 Å². The van der Waals surface area contributed by atoms with Gasteiger partial charge in [0.25, 0.3) is 5.88 Å². The van der Waals surface area contributed by atoms with Crippen LogP contribution in [0.25, 0.3) is 5.57 Å². The summed E-state index contributed by atoms with van der Waals surface area (Å²) in [5.74, 6) is -2.92. The summed E-state index contributed by atoms with van der Waals surface area (Å²) in [6.45, 7) is 5.07. The summed E-state index contributed by atoms with van der Waals surface area (Å²) in [7, 11) is 2.14. The number of ether oxygens (including phenoxy) is 1. The van der Waals surface area contributed by atoms with E-state index in [1.807, 2.05) is 0 Å². The van der Waals surface area contributed by atoms with Crippen molar-refractivity contribution in [2.45, 2.75) is 51.9 Å². The number of aliphatic carboxylic acids is 2. The van der Waals surface area contributed by atoms with Crippen LogP contribution in [0.4, 0.5) is 0 Å². The number of hydrogen-bond acceptors (Lipinski definition) is 7. The third kappa shape index (κ3) is 9.48. The Morgan fingerprint density at radius 1 is 1.15 bits per heavy atom. The first-order valence-electron chi connectivity index (χ1n) is 9.25. The Labute approximate surface area is 164 Å². The molecule has 0 fully saturated rings. The molecule has 0 saturated carbocycles. The lowest BCUT2D eigenvalue weighted by Gasteiger charge is -2.22. The number of hydrogen-bond donors (Lipinski definition) is 2. The third-order valence-corrected chi connectivity index (χ3v) is 4.54. The zero-order valence-electron chi connectivity index (χ0n) is 16.0. The molecular weight excluding hydrogens is 370 g/mol. The van der Waals surface area contributed by atoms with Crippen molar-refractivity contribution in [2.24, 2.45) is 0 Å². The van der Waals surface area contributed by atoms with Gasteiger partial charge in [-0.25, -0.2) is 9.59 Å². The molecule has 0 bridgehead atoms. The molecule has 0 radical (unpaired) electrons. The van der Waals surface area contributed by atoms with Crippen LogP contribution in [0, 0.1) is 0 Å². The number of carboxylic acids is 2. The monoisotopic (exact) mass is 399 g/mol. The van der Waals surface area contributed by atoms with Crippen LogP contribution in [0.15, 0.2) is 6.08 Å². The predicted molar refractivity (Wildman–Crippen MR) is 104 cm³/mol. The molecule has 0 unspecified atom stereocenters. The fourth-order valence-corrected chi connectivity index (χ4v) is 3.12. The molecule has 0 aromatic carbocycles. The van der Waals surface area contributed by atoms with Gasteiger partial charge in [0.2, 0.25) is 0 Å². The second kappa shape index (κ2) is 13.2. The maximum Gasteiger partial charge on any atom is 0.414 e. The van der Waals surface area contributed by atoms with Gasteiger partial charge in [-0.3, -0.25) is 0 Å². The number of nitrogens with zero attached hydrogens (tertiary/aromatic N) is 3. The highest BCUT2D eigenvalue weighted by molar-refractivity contribution is 6.99. The third-order valence-electron chi connectivity index (χ3n) is 4.02. The Balaban J connectivity index is 0.000000527. The maximum atomic E-state index is 9.10. The molecule has 0 saturated heterocycles. The van der Waals surface area contributed by atoms with Crippen LogP contribution in [-0.4, -0.2) is 62.5 Å². The van der Waals surface area contributed by atoms with Crippen molar-refractivity contribution in [1.82, 2.24) is 13.6 Å². The Kier molecular flexibility index (Phi) is 11.3. The average Bonchev–Trinajstić information content (AvgIpc) is 3.10. The van der Waals surface area contributed by atoms with Gasteiger partial charge in [0, 0.05) is 13.1 Å². The van der Waals surface area contributed by atoms with Crippen molar-refractivity contribution < 1.29 is 24.5 Å². The molecule has 0 aliphatic carbocycles. The lowest BCUT2D eigenvalue weighted by Crippen LogP contribution is -2.25. The molecule has 0 atom stereocenters. The topological polar surface area (TPSA) is 113 Å². The van der Waals surface area contributed by atoms with E-state index < -0.39 is 11.9 Å². The summed E-state index contributed by atoms with van der Waals surface area (Å²) in [5.41, 5.74) is 2.22. The van der Waals surface area contributed by atoms with Gasteiger partial charge in [0.05, 0.1) is 18.3 Å². The molecule has 152 valence electrons. The lowest BCUT2D eigenvalue weighted by molar-refractivity contribution is -0.159. The summed E-state index contributed by atoms with van der Waals surface area (Å²) in [6, 6.07) is 0. The minimum Gasteiger partial charge on any atom is -0.475 e. The summed E-state index contributed by atoms with van der Waals surface area (Å²) >= 11 is 1.25. The van der Waals surface area contributed by atoms with Crippen molar-refractivity contribution in [3.63, 3.8) is 0 Å². The molecule has 0 amide bonds. The van der Waals surface area contributed by atoms with E-state index in [4.69, 9.17) is 24.5 Å². The first kappa shape index (κ1) is 23.0. The molecule has 2 N–H and O–H groups in total. The lowest BCUT2D eigenvalue weighted by atomic mass is 10.1. The molecule has 1 aliphatic rings. The molecule has 1 aromatic rings. The van der Waals surface area contributed by atoms with E-state index in [0.717, 1.165) is 44.1 Å². The van der Waals surface area contributed by atoms with Crippen molar-refractivity contribution in [1.29, 1.82) is 0 Å². The van der Waals surface area contributed by atoms with Gasteiger partial charge < -0.3 is 19.8 Å². The number of unbranched alkanes of at least 4 members (excludes halogenated alkanes) is 5. The van der Waals surface area contributed by atoms with E-state index >= 15 is 0 Å². The van der Waals surface area contributed by atoms with Crippen LogP contribution in [0.1, 0.15) is 57.6 Å². The van der Waals surface area contributed by atoms with E-state index in [2.05, 4.69) is 33.7 Å². The molecule has 2 rings (SSSR count). The van der Waals surface area contributed by atoms with Gasteiger partial charge in [-0.2, -0.15) is 4.37 Å². The first-order valence-corrected chi connectivity index (χ1v) is 9.98. The molecule has 2 heterocycles. The molecule has 8 nitrogen and oxygen atoms in total. The minimum absolute atomic E-state index is 0.732. The van der Waals surface area contributed by atoms with Gasteiger partial charge >= 0.3 is 11.9 Å². The van der Waals surface area contributed by atoms with Crippen LogP contribution < -0.4 is 4.74 Å². The van der Waals surface area contributed by atoms with Crippen LogP contribution >= 0.6 is 11.7 Å². The standard InChI is InChI=1S/C16H27N3OS.C2H2O4/c1-3-4-5-6-7-8-12-20-16-15(17-21-18-16)14-10-9-11-19(2)13-14;3-1(4)2(5)6/h10H,3-9,11-13H2,1-2H3;(H,3,4)(H,5,6). The summed E-state index contributed by atoms with van der Waals surface area (Å²) in [4.78, 5) is 20.5. The fraction of sp³-hybridized carbons (Fsp3) is 0.667. The molecule has 9 heteroatoms. The van der Waals surface area contributed by atoms with Crippen LogP contribution in [0.3, 0.4) is 0 Å². The molecule has 0 spiro atoms. The van der Waals surface area contributed by atoms with E-state index in [1.54, 1.807) is 0 Å². The Bertz CT molecular complexity index is 606. The van der Waals surface area contributed by atoms with Crippen molar-refractivity contribution >= 4 is 29.2 Å². The summed E-state index contributed by atoms with van der Waals surface area (Å²) < 4.78 is 14.6. The quantitative estimate of drug-likeness (QED) is 0.481. The van der Waals surface area contributed by atoms with Gasteiger partial charge in [-0.1, -0.05) is 45.1 Å². The van der Waals surface area contributed by atoms with E-state index in [1.165, 1.54) is 49.4 Å². The SMILES string of the molecule is CCCCCCCCOc1nsnc1C1=CCCN(C)C1.O=C(O)C(=O)O. The smallest absolute Gasteiger partial charge is 0.414 e. The summed E-state index contributed by atoms with van der Waals surface area (Å²) in [6.07, 6.45) is 11.0. The number of likely N-dealkylation sites (N-methyl/N-ethyl adjacent to an activating group) is 1. The number of rotatable bonds is 9. The van der Waals surface area contributed by atoms with Gasteiger partial charge in [-0.05, 0) is 25.5 Å². The largest absolute Gasteiger partial charge is 0.475 e. The molecule has 1 aromatic heterocycles. The van der Waals surface area contributed by atoms with Gasteiger partial charge in [0.15, 0.2) is 0 Å². The number of carbonyl (C=O) groups is 2. The number of aromatic nitrogens is 2. The first-order chi connectivity index (χ1) is 13.0. The van der Waals surface area contributed by atoms with E-state index in [0.29, 0.717) is 0 Å². The Hall–Kier alpha value is -2.00. The molecule has 27 heavy (non-hydrogen) atoms. The highest BCUT2D eigenvalue weighted by Gasteiger charge is 2.18. The highest BCUT2D eigenvalue weighted by Crippen LogP contribution is 2.27. The Morgan fingerprint density at radius 2 is 1.81 bits per heavy atom. The van der Waals surface area contributed by atoms with Crippen molar-refractivity contribution in [3.05, 3.63) is 11.8 Å².